The number of aryl methyl sites for hydroxylation is 1. The van der Waals surface area contributed by atoms with Gasteiger partial charge in [-0.15, -0.1) is 0 Å². The van der Waals surface area contributed by atoms with E-state index in [2.05, 4.69) is 20.4 Å². The Morgan fingerprint density at radius 1 is 1.33 bits per heavy atom. The minimum atomic E-state index is -0.0972. The monoisotopic (exact) mass is 367 g/mol. The largest absolute Gasteiger partial charge is 0.390 e. The second-order valence-electron chi connectivity index (χ2n) is 6.63. The second-order valence-corrected chi connectivity index (χ2v) is 6.63. The third kappa shape index (κ3) is 3.54. The van der Waals surface area contributed by atoms with Crippen molar-refractivity contribution in [1.82, 2.24) is 19.7 Å². The summed E-state index contributed by atoms with van der Waals surface area (Å²) in [6.45, 7) is 1.12. The summed E-state index contributed by atoms with van der Waals surface area (Å²) in [6, 6.07) is 5.78. The zero-order valence-electron chi connectivity index (χ0n) is 15.1. The summed E-state index contributed by atoms with van der Waals surface area (Å²) in [5.41, 5.74) is 3.21. The summed E-state index contributed by atoms with van der Waals surface area (Å²) in [4.78, 5) is 21.1. The molecule has 1 aliphatic heterocycles. The molecule has 0 saturated carbocycles. The summed E-state index contributed by atoms with van der Waals surface area (Å²) in [7, 11) is 1.79. The van der Waals surface area contributed by atoms with Crippen molar-refractivity contribution >= 4 is 22.8 Å². The maximum Gasteiger partial charge on any atom is 0.230 e. The zero-order chi connectivity index (χ0) is 18.8. The number of ether oxygens (including phenoxy) is 1. The molecule has 0 unspecified atom stereocenters. The molecule has 0 aliphatic carbocycles. The first-order valence-electron chi connectivity index (χ1n) is 8.93. The van der Waals surface area contributed by atoms with E-state index in [0.29, 0.717) is 32.0 Å². The highest BCUT2D eigenvalue weighted by molar-refractivity contribution is 5.92. The number of aliphatic hydroxyl groups excluding tert-OH is 1. The molecule has 3 aromatic rings. The highest BCUT2D eigenvalue weighted by Crippen LogP contribution is 2.27. The van der Waals surface area contributed by atoms with Gasteiger partial charge in [0, 0.05) is 43.3 Å². The van der Waals surface area contributed by atoms with Crippen molar-refractivity contribution in [3.05, 3.63) is 36.3 Å². The number of hydrogen-bond acceptors (Lipinski definition) is 6. The van der Waals surface area contributed by atoms with Crippen LogP contribution in [0.3, 0.4) is 0 Å². The Morgan fingerprint density at radius 2 is 2.15 bits per heavy atom. The summed E-state index contributed by atoms with van der Waals surface area (Å²) in [5, 5.41) is 17.5. The van der Waals surface area contributed by atoms with Crippen molar-refractivity contribution in [2.45, 2.75) is 19.4 Å². The standard InChI is InChI=1S/C19H21N5O3/c1-24-17(11-25)15(10-21-24)13-2-3-14-9-20-19(22-16(14)8-13)23-18(26)12-4-6-27-7-5-12/h2-3,8-10,12,25H,4-7,11H2,1H3,(H,20,22,23,26). The number of nitrogens with one attached hydrogen (secondary N) is 1. The number of benzene rings is 1. The number of anilines is 1. The first-order valence-corrected chi connectivity index (χ1v) is 8.93. The van der Waals surface area contributed by atoms with E-state index < -0.39 is 0 Å². The van der Waals surface area contributed by atoms with Crippen LogP contribution >= 0.6 is 0 Å². The van der Waals surface area contributed by atoms with Crippen LogP contribution in [0.4, 0.5) is 5.95 Å². The Balaban J connectivity index is 1.62. The van der Waals surface area contributed by atoms with Gasteiger partial charge in [-0.1, -0.05) is 12.1 Å². The van der Waals surface area contributed by atoms with E-state index in [9.17, 15) is 9.90 Å². The molecule has 1 saturated heterocycles. The number of carbonyl (C=O) groups is 1. The van der Waals surface area contributed by atoms with Gasteiger partial charge in [0.05, 0.1) is 24.0 Å². The topological polar surface area (TPSA) is 102 Å². The normalized spacial score (nSPS) is 15.2. The van der Waals surface area contributed by atoms with E-state index in [0.717, 1.165) is 27.7 Å². The van der Waals surface area contributed by atoms with E-state index in [4.69, 9.17) is 4.74 Å². The van der Waals surface area contributed by atoms with E-state index in [1.165, 1.54) is 0 Å². The quantitative estimate of drug-likeness (QED) is 0.730. The van der Waals surface area contributed by atoms with Crippen LogP contribution in [-0.4, -0.2) is 44.0 Å². The smallest absolute Gasteiger partial charge is 0.230 e. The predicted octanol–water partition coefficient (Wildman–Crippen LogP) is 1.89. The highest BCUT2D eigenvalue weighted by Gasteiger charge is 2.22. The van der Waals surface area contributed by atoms with Crippen molar-refractivity contribution in [3.63, 3.8) is 0 Å². The number of aromatic nitrogens is 4. The van der Waals surface area contributed by atoms with Crippen molar-refractivity contribution in [2.24, 2.45) is 13.0 Å². The van der Waals surface area contributed by atoms with Crippen LogP contribution in [0.1, 0.15) is 18.5 Å². The van der Waals surface area contributed by atoms with Crippen LogP contribution in [0, 0.1) is 5.92 Å². The van der Waals surface area contributed by atoms with Crippen LogP contribution in [0.2, 0.25) is 0 Å². The Labute approximate surface area is 156 Å². The van der Waals surface area contributed by atoms with Crippen LogP contribution < -0.4 is 5.32 Å². The van der Waals surface area contributed by atoms with Crippen molar-refractivity contribution in [3.8, 4) is 11.1 Å². The van der Waals surface area contributed by atoms with E-state index in [-0.39, 0.29) is 18.4 Å². The van der Waals surface area contributed by atoms with Crippen LogP contribution in [0.15, 0.2) is 30.6 Å². The first kappa shape index (κ1) is 17.6. The molecule has 4 rings (SSSR count). The lowest BCUT2D eigenvalue weighted by atomic mass is 10.00. The van der Waals surface area contributed by atoms with Gasteiger partial charge >= 0.3 is 0 Å². The van der Waals surface area contributed by atoms with Gasteiger partial charge < -0.3 is 9.84 Å². The van der Waals surface area contributed by atoms with Crippen molar-refractivity contribution in [2.75, 3.05) is 18.5 Å². The summed E-state index contributed by atoms with van der Waals surface area (Å²) in [6.07, 6.45) is 4.85. The molecule has 1 amide bonds. The lowest BCUT2D eigenvalue weighted by molar-refractivity contribution is -0.122. The predicted molar refractivity (Wildman–Crippen MR) is 99.8 cm³/mol. The molecule has 0 bridgehead atoms. The fourth-order valence-corrected chi connectivity index (χ4v) is 3.31. The maximum absolute atomic E-state index is 12.4. The molecular formula is C19H21N5O3. The minimum absolute atomic E-state index is 0.0631. The third-order valence-corrected chi connectivity index (χ3v) is 4.93. The Bertz CT molecular complexity index is 979. The Kier molecular flexibility index (Phi) is 4.83. The van der Waals surface area contributed by atoms with Gasteiger partial charge in [0.2, 0.25) is 11.9 Å². The first-order chi connectivity index (χ1) is 13.2. The fraction of sp³-hybridized carbons (Fsp3) is 0.368. The van der Waals surface area contributed by atoms with Crippen LogP contribution in [-0.2, 0) is 23.2 Å². The number of rotatable bonds is 4. The van der Waals surface area contributed by atoms with Gasteiger partial charge in [0.1, 0.15) is 0 Å². The lowest BCUT2D eigenvalue weighted by Crippen LogP contribution is -2.29. The van der Waals surface area contributed by atoms with Gasteiger partial charge in [-0.2, -0.15) is 5.10 Å². The Hall–Kier alpha value is -2.84. The highest BCUT2D eigenvalue weighted by atomic mass is 16.5. The SMILES string of the molecule is Cn1ncc(-c2ccc3cnc(NC(=O)C4CCOCC4)nc3c2)c1CO. The molecule has 140 valence electrons. The molecule has 3 heterocycles. The van der Waals surface area contributed by atoms with E-state index in [1.54, 1.807) is 24.1 Å². The number of fused-ring (bicyclic) bond motifs is 1. The third-order valence-electron chi connectivity index (χ3n) is 4.93. The average Bonchev–Trinajstić information content (AvgIpc) is 3.08. The number of nitrogens with zero attached hydrogens (tertiary/aromatic N) is 4. The summed E-state index contributed by atoms with van der Waals surface area (Å²) >= 11 is 0. The van der Waals surface area contributed by atoms with E-state index in [1.807, 2.05) is 18.2 Å². The van der Waals surface area contributed by atoms with Gasteiger partial charge in [0.15, 0.2) is 0 Å². The number of carbonyl (C=O) groups excluding carboxylic acids is 1. The molecular weight excluding hydrogens is 346 g/mol. The Morgan fingerprint density at radius 3 is 2.93 bits per heavy atom. The maximum atomic E-state index is 12.4. The molecule has 2 aromatic heterocycles. The molecule has 0 atom stereocenters. The van der Waals surface area contributed by atoms with Gasteiger partial charge in [-0.3, -0.25) is 14.8 Å². The van der Waals surface area contributed by atoms with Gasteiger partial charge in [-0.05, 0) is 24.5 Å². The average molecular weight is 367 g/mol. The second kappa shape index (κ2) is 7.42. The molecule has 27 heavy (non-hydrogen) atoms. The molecule has 1 fully saturated rings. The lowest BCUT2D eigenvalue weighted by Gasteiger charge is -2.20. The number of hydrogen-bond donors (Lipinski definition) is 2. The molecule has 0 spiro atoms. The van der Waals surface area contributed by atoms with Crippen molar-refractivity contribution in [1.29, 1.82) is 0 Å². The molecule has 2 N–H and O–H groups in total. The zero-order valence-corrected chi connectivity index (χ0v) is 15.1. The number of aliphatic hydroxyl groups is 1. The van der Waals surface area contributed by atoms with Gasteiger partial charge in [-0.25, -0.2) is 9.97 Å². The molecule has 1 aromatic carbocycles. The molecule has 0 radical (unpaired) electrons. The molecule has 8 heteroatoms. The minimum Gasteiger partial charge on any atom is -0.390 e. The van der Waals surface area contributed by atoms with Crippen LogP contribution in [0.5, 0.6) is 0 Å². The fourth-order valence-electron chi connectivity index (χ4n) is 3.31. The number of amides is 1. The van der Waals surface area contributed by atoms with Gasteiger partial charge in [0.25, 0.3) is 0 Å². The molecule has 8 nitrogen and oxygen atoms in total. The molecule has 1 aliphatic rings. The summed E-state index contributed by atoms with van der Waals surface area (Å²) < 4.78 is 6.95. The van der Waals surface area contributed by atoms with E-state index >= 15 is 0 Å². The van der Waals surface area contributed by atoms with Crippen molar-refractivity contribution < 1.29 is 14.6 Å². The van der Waals surface area contributed by atoms with Crippen LogP contribution in [0.25, 0.3) is 22.0 Å². The summed E-state index contributed by atoms with van der Waals surface area (Å²) in [5.74, 6) is 0.167.